The van der Waals surface area contributed by atoms with Gasteiger partial charge in [0.15, 0.2) is 0 Å². The molecule has 0 radical (unpaired) electrons. The SMILES string of the molecule is CC(I)COc1nn2cc(-c3c(F)cccc3F)nc2s1. The van der Waals surface area contributed by atoms with Crippen molar-refractivity contribution in [2.75, 3.05) is 6.61 Å². The van der Waals surface area contributed by atoms with Gasteiger partial charge in [0.1, 0.15) is 18.2 Å². The van der Waals surface area contributed by atoms with Crippen molar-refractivity contribution in [3.8, 4) is 16.5 Å². The van der Waals surface area contributed by atoms with Gasteiger partial charge < -0.3 is 4.74 Å². The number of halogens is 3. The highest BCUT2D eigenvalue weighted by molar-refractivity contribution is 14.1. The van der Waals surface area contributed by atoms with Crippen LogP contribution in [0.4, 0.5) is 8.78 Å². The highest BCUT2D eigenvalue weighted by Crippen LogP contribution is 2.29. The lowest BCUT2D eigenvalue weighted by Gasteiger charge is -2.02. The van der Waals surface area contributed by atoms with Crippen molar-refractivity contribution in [1.29, 1.82) is 0 Å². The molecule has 2 aromatic heterocycles. The Morgan fingerprint density at radius 3 is 2.71 bits per heavy atom. The number of aromatic nitrogens is 3. The molecule has 0 saturated carbocycles. The minimum absolute atomic E-state index is 0.140. The lowest BCUT2D eigenvalue weighted by molar-refractivity contribution is 0.320. The standard InChI is InChI=1S/C13H10F2IN3OS/c1-7(16)6-20-13-18-19-5-10(17-12(19)21-13)11-8(14)3-2-4-9(11)15/h2-5,7H,6H2,1H3. The Morgan fingerprint density at radius 2 is 2.10 bits per heavy atom. The first-order chi connectivity index (χ1) is 10.0. The highest BCUT2D eigenvalue weighted by Gasteiger charge is 2.16. The number of rotatable bonds is 4. The minimum Gasteiger partial charge on any atom is -0.468 e. The predicted molar refractivity (Wildman–Crippen MR) is 85.2 cm³/mol. The van der Waals surface area contributed by atoms with Crippen molar-refractivity contribution < 1.29 is 13.5 Å². The highest BCUT2D eigenvalue weighted by atomic mass is 127. The van der Waals surface area contributed by atoms with E-state index in [0.717, 1.165) is 0 Å². The van der Waals surface area contributed by atoms with E-state index in [1.165, 1.54) is 40.2 Å². The van der Waals surface area contributed by atoms with E-state index in [-0.39, 0.29) is 11.3 Å². The average molecular weight is 421 g/mol. The summed E-state index contributed by atoms with van der Waals surface area (Å²) in [6.07, 6.45) is 1.49. The van der Waals surface area contributed by atoms with Crippen LogP contribution in [0.3, 0.4) is 0 Å². The second-order valence-electron chi connectivity index (χ2n) is 4.41. The Kier molecular flexibility index (Phi) is 4.07. The molecule has 2 heterocycles. The molecule has 1 unspecified atom stereocenters. The van der Waals surface area contributed by atoms with Crippen molar-refractivity contribution in [1.82, 2.24) is 14.6 Å². The fourth-order valence-electron chi connectivity index (χ4n) is 1.79. The molecule has 8 heteroatoms. The number of alkyl halides is 1. The van der Waals surface area contributed by atoms with Gasteiger partial charge in [0.05, 0.1) is 17.5 Å². The molecule has 110 valence electrons. The molecule has 0 amide bonds. The van der Waals surface area contributed by atoms with E-state index in [4.69, 9.17) is 4.74 Å². The number of benzene rings is 1. The normalized spacial score (nSPS) is 12.8. The Bertz CT molecular complexity index is 735. The van der Waals surface area contributed by atoms with E-state index in [2.05, 4.69) is 32.7 Å². The largest absolute Gasteiger partial charge is 0.468 e. The Morgan fingerprint density at radius 1 is 1.38 bits per heavy atom. The third kappa shape index (κ3) is 3.00. The van der Waals surface area contributed by atoms with Crippen LogP contribution in [0.15, 0.2) is 24.4 Å². The molecule has 0 spiro atoms. The van der Waals surface area contributed by atoms with Crippen molar-refractivity contribution in [3.05, 3.63) is 36.0 Å². The fourth-order valence-corrected chi connectivity index (χ4v) is 2.71. The molecule has 3 aromatic rings. The summed E-state index contributed by atoms with van der Waals surface area (Å²) in [5.74, 6) is -1.29. The number of fused-ring (bicyclic) bond motifs is 1. The van der Waals surface area contributed by atoms with Crippen molar-refractivity contribution in [2.24, 2.45) is 0 Å². The molecule has 0 fully saturated rings. The summed E-state index contributed by atoms with van der Waals surface area (Å²) in [6.45, 7) is 2.57. The van der Waals surface area contributed by atoms with E-state index in [9.17, 15) is 8.78 Å². The first-order valence-corrected chi connectivity index (χ1v) is 8.18. The summed E-state index contributed by atoms with van der Waals surface area (Å²) < 4.78 is 34.8. The molecule has 0 aliphatic heterocycles. The fraction of sp³-hybridized carbons (Fsp3) is 0.231. The number of hydrogen-bond acceptors (Lipinski definition) is 4. The topological polar surface area (TPSA) is 39.4 Å². The maximum atomic E-state index is 13.7. The molecule has 21 heavy (non-hydrogen) atoms. The van der Waals surface area contributed by atoms with Gasteiger partial charge in [0, 0.05) is 3.92 Å². The van der Waals surface area contributed by atoms with E-state index in [0.29, 0.717) is 20.7 Å². The molecule has 4 nitrogen and oxygen atoms in total. The zero-order valence-corrected chi connectivity index (χ0v) is 13.9. The van der Waals surface area contributed by atoms with Crippen LogP contribution in [0.25, 0.3) is 16.2 Å². The van der Waals surface area contributed by atoms with E-state index >= 15 is 0 Å². The van der Waals surface area contributed by atoms with Gasteiger partial charge in [-0.15, -0.1) is 5.10 Å². The number of nitrogens with zero attached hydrogens (tertiary/aromatic N) is 3. The second kappa shape index (κ2) is 5.84. The maximum Gasteiger partial charge on any atom is 0.294 e. The number of ether oxygens (including phenoxy) is 1. The number of hydrogen-bond donors (Lipinski definition) is 0. The van der Waals surface area contributed by atoms with Crippen LogP contribution in [-0.2, 0) is 0 Å². The Balaban J connectivity index is 1.94. The molecular formula is C13H10F2IN3OS. The molecular weight excluding hydrogens is 411 g/mol. The van der Waals surface area contributed by atoms with Gasteiger partial charge in [-0.1, -0.05) is 35.6 Å². The summed E-state index contributed by atoms with van der Waals surface area (Å²) in [7, 11) is 0. The first kappa shape index (κ1) is 14.6. The molecule has 1 aromatic carbocycles. The van der Waals surface area contributed by atoms with Gasteiger partial charge in [0.25, 0.3) is 5.19 Å². The molecule has 0 N–H and O–H groups in total. The van der Waals surface area contributed by atoms with Crippen LogP contribution in [0.1, 0.15) is 6.92 Å². The van der Waals surface area contributed by atoms with Crippen LogP contribution in [0, 0.1) is 11.6 Å². The van der Waals surface area contributed by atoms with E-state index in [1.54, 1.807) is 0 Å². The lowest BCUT2D eigenvalue weighted by atomic mass is 10.1. The van der Waals surface area contributed by atoms with Crippen molar-refractivity contribution >= 4 is 38.9 Å². The molecule has 0 bridgehead atoms. The van der Waals surface area contributed by atoms with Crippen LogP contribution < -0.4 is 4.74 Å². The second-order valence-corrected chi connectivity index (χ2v) is 7.45. The summed E-state index contributed by atoms with van der Waals surface area (Å²) in [5.41, 5.74) is 0.0803. The molecule has 0 aliphatic rings. The van der Waals surface area contributed by atoms with Gasteiger partial charge in [0.2, 0.25) is 4.96 Å². The summed E-state index contributed by atoms with van der Waals surface area (Å²) >= 11 is 3.49. The maximum absolute atomic E-state index is 13.7. The number of imidazole rings is 1. The van der Waals surface area contributed by atoms with E-state index < -0.39 is 11.6 Å². The summed E-state index contributed by atoms with van der Waals surface area (Å²) in [4.78, 5) is 4.74. The van der Waals surface area contributed by atoms with Crippen LogP contribution in [0.2, 0.25) is 0 Å². The molecule has 0 saturated heterocycles. The minimum atomic E-state index is -0.643. The van der Waals surface area contributed by atoms with Crippen molar-refractivity contribution in [3.63, 3.8) is 0 Å². The lowest BCUT2D eigenvalue weighted by Crippen LogP contribution is -2.06. The summed E-state index contributed by atoms with van der Waals surface area (Å²) in [5, 5.41) is 4.68. The van der Waals surface area contributed by atoms with E-state index in [1.807, 2.05) is 6.92 Å². The smallest absolute Gasteiger partial charge is 0.294 e. The van der Waals surface area contributed by atoms with Crippen LogP contribution in [-0.4, -0.2) is 25.1 Å². The monoisotopic (exact) mass is 421 g/mol. The zero-order chi connectivity index (χ0) is 15.0. The predicted octanol–water partition coefficient (Wildman–Crippen LogP) is 3.94. The van der Waals surface area contributed by atoms with Gasteiger partial charge in [-0.05, 0) is 23.5 Å². The Labute approximate surface area is 136 Å². The Hall–Kier alpha value is -1.29. The molecule has 0 aliphatic carbocycles. The van der Waals surface area contributed by atoms with Crippen LogP contribution in [0.5, 0.6) is 5.19 Å². The van der Waals surface area contributed by atoms with Gasteiger partial charge in [-0.25, -0.2) is 18.3 Å². The average Bonchev–Trinajstić information content (AvgIpc) is 2.94. The van der Waals surface area contributed by atoms with Crippen molar-refractivity contribution in [2.45, 2.75) is 10.8 Å². The first-order valence-electron chi connectivity index (χ1n) is 6.12. The van der Waals surface area contributed by atoms with Gasteiger partial charge >= 0.3 is 0 Å². The van der Waals surface area contributed by atoms with Gasteiger partial charge in [-0.3, -0.25) is 0 Å². The van der Waals surface area contributed by atoms with Crippen LogP contribution >= 0.6 is 33.9 Å². The summed E-state index contributed by atoms with van der Waals surface area (Å²) in [6, 6.07) is 3.73. The molecule has 1 atom stereocenters. The third-order valence-corrected chi connectivity index (χ3v) is 3.87. The van der Waals surface area contributed by atoms with Gasteiger partial charge in [-0.2, -0.15) is 0 Å². The third-order valence-electron chi connectivity index (χ3n) is 2.68. The molecule has 3 rings (SSSR count). The quantitative estimate of drug-likeness (QED) is 0.474. The zero-order valence-electron chi connectivity index (χ0n) is 10.9.